The molecule has 0 fully saturated rings. The number of ether oxygens (including phenoxy) is 3. The fourth-order valence-electron chi connectivity index (χ4n) is 5.40. The van der Waals surface area contributed by atoms with E-state index in [1.165, 1.54) is 16.7 Å². The second-order valence-electron chi connectivity index (χ2n) is 10.0. The zero-order valence-corrected chi connectivity index (χ0v) is 24.9. The van der Waals surface area contributed by atoms with Crippen LogP contribution >= 0.6 is 11.3 Å². The van der Waals surface area contributed by atoms with Gasteiger partial charge in [0.1, 0.15) is 24.1 Å². The number of allylic oxidation sites excluding steroid dienone is 1. The van der Waals surface area contributed by atoms with E-state index in [1.54, 1.807) is 25.5 Å². The Labute approximate surface area is 252 Å². The molecule has 8 heteroatoms. The van der Waals surface area contributed by atoms with Crippen LogP contribution in [0.15, 0.2) is 112 Å². The standard InChI is InChI=1S/C35H30N2O5S/c1-4-41-34(39)31-22(2)36-35-37(32(31)28-17-7-8-18-29(28)40-3)33(38)30(43-35)20-23-11-9-15-26(19-23)42-21-25-14-10-13-24-12-5-6-16-27(24)25/h5-20,32H,4,21H2,1-3H3/b30-20+/t32-/m1/s1. The van der Waals surface area contributed by atoms with E-state index in [-0.39, 0.29) is 12.2 Å². The smallest absolute Gasteiger partial charge is 0.338 e. The first kappa shape index (κ1) is 28.2. The number of nitrogens with zero attached hydrogens (tertiary/aromatic N) is 2. The third-order valence-corrected chi connectivity index (χ3v) is 8.36. The van der Waals surface area contributed by atoms with Crippen LogP contribution in [0.2, 0.25) is 0 Å². The highest BCUT2D eigenvalue weighted by molar-refractivity contribution is 7.07. The lowest BCUT2D eigenvalue weighted by atomic mass is 9.95. The van der Waals surface area contributed by atoms with Crippen LogP contribution < -0.4 is 24.4 Å². The number of hydrogen-bond acceptors (Lipinski definition) is 7. The summed E-state index contributed by atoms with van der Waals surface area (Å²) in [5.41, 5.74) is 3.16. The molecular weight excluding hydrogens is 560 g/mol. The number of carbonyl (C=O) groups is 1. The molecular formula is C35H30N2O5S. The number of methoxy groups -OCH3 is 1. The topological polar surface area (TPSA) is 79.1 Å². The molecule has 0 aliphatic carbocycles. The number of hydrogen-bond donors (Lipinski definition) is 0. The van der Waals surface area contributed by atoms with Crippen LogP contribution in [0.4, 0.5) is 0 Å². The van der Waals surface area contributed by atoms with Gasteiger partial charge in [0.05, 0.1) is 29.5 Å². The van der Waals surface area contributed by atoms with Gasteiger partial charge < -0.3 is 14.2 Å². The van der Waals surface area contributed by atoms with E-state index in [2.05, 4.69) is 29.3 Å². The summed E-state index contributed by atoms with van der Waals surface area (Å²) >= 11 is 1.28. The van der Waals surface area contributed by atoms with Crippen molar-refractivity contribution in [3.8, 4) is 11.5 Å². The molecule has 0 unspecified atom stereocenters. The minimum Gasteiger partial charge on any atom is -0.496 e. The summed E-state index contributed by atoms with van der Waals surface area (Å²) in [6.07, 6.45) is 1.83. The first-order valence-electron chi connectivity index (χ1n) is 14.0. The van der Waals surface area contributed by atoms with Gasteiger partial charge in [-0.05, 0) is 60.0 Å². The summed E-state index contributed by atoms with van der Waals surface area (Å²) in [5.74, 6) is 0.751. The average Bonchev–Trinajstić information content (AvgIpc) is 3.33. The average molecular weight is 591 g/mol. The predicted molar refractivity (Wildman–Crippen MR) is 168 cm³/mol. The van der Waals surface area contributed by atoms with E-state index in [9.17, 15) is 9.59 Å². The molecule has 43 heavy (non-hydrogen) atoms. The van der Waals surface area contributed by atoms with Crippen LogP contribution in [0.1, 0.15) is 36.6 Å². The third-order valence-electron chi connectivity index (χ3n) is 7.38. The second-order valence-corrected chi connectivity index (χ2v) is 11.1. The highest BCUT2D eigenvalue weighted by atomic mass is 32.1. The Morgan fingerprint density at radius 1 is 1.00 bits per heavy atom. The summed E-state index contributed by atoms with van der Waals surface area (Å²) < 4.78 is 19.3. The van der Waals surface area contributed by atoms with Gasteiger partial charge in [-0.2, -0.15) is 0 Å². The minimum atomic E-state index is -0.746. The van der Waals surface area contributed by atoms with Crippen molar-refractivity contribution in [3.63, 3.8) is 0 Å². The molecule has 0 spiro atoms. The van der Waals surface area contributed by atoms with Gasteiger partial charge in [0.25, 0.3) is 5.56 Å². The lowest BCUT2D eigenvalue weighted by molar-refractivity contribution is -0.139. The number of aromatic nitrogens is 1. The van der Waals surface area contributed by atoms with Gasteiger partial charge in [0.2, 0.25) is 0 Å². The van der Waals surface area contributed by atoms with Gasteiger partial charge in [0, 0.05) is 5.56 Å². The largest absolute Gasteiger partial charge is 0.496 e. The zero-order valence-electron chi connectivity index (χ0n) is 24.1. The Kier molecular flexibility index (Phi) is 7.94. The van der Waals surface area contributed by atoms with Crippen molar-refractivity contribution in [1.29, 1.82) is 0 Å². The van der Waals surface area contributed by atoms with Crippen molar-refractivity contribution < 1.29 is 19.0 Å². The number of para-hydroxylation sites is 1. The van der Waals surface area contributed by atoms with E-state index in [0.717, 1.165) is 16.5 Å². The van der Waals surface area contributed by atoms with Crippen LogP contribution in [0.25, 0.3) is 16.8 Å². The number of rotatable bonds is 8. The molecule has 4 aromatic carbocycles. The predicted octanol–water partition coefficient (Wildman–Crippen LogP) is 5.54. The van der Waals surface area contributed by atoms with Crippen LogP contribution in [-0.2, 0) is 16.1 Å². The van der Waals surface area contributed by atoms with Gasteiger partial charge in [-0.15, -0.1) is 0 Å². The van der Waals surface area contributed by atoms with Crippen molar-refractivity contribution in [2.24, 2.45) is 4.99 Å². The number of fused-ring (bicyclic) bond motifs is 2. The SMILES string of the molecule is CCOC(=O)C1=C(C)N=c2s/c(=C/c3cccc(OCc4cccc5ccccc45)c3)c(=O)n2[C@@H]1c1ccccc1OC. The highest BCUT2D eigenvalue weighted by Crippen LogP contribution is 2.35. The van der Waals surface area contributed by atoms with Crippen LogP contribution in [0, 0.1) is 0 Å². The Balaban J connectivity index is 1.38. The molecule has 2 heterocycles. The lowest BCUT2D eigenvalue weighted by Gasteiger charge is -2.25. The Morgan fingerprint density at radius 2 is 1.77 bits per heavy atom. The maximum atomic E-state index is 14.0. The second kappa shape index (κ2) is 12.1. The highest BCUT2D eigenvalue weighted by Gasteiger charge is 2.34. The van der Waals surface area contributed by atoms with Crippen molar-refractivity contribution in [2.75, 3.05) is 13.7 Å². The molecule has 0 saturated heterocycles. The maximum Gasteiger partial charge on any atom is 0.338 e. The molecule has 1 aromatic heterocycles. The molecule has 1 aliphatic rings. The van der Waals surface area contributed by atoms with Gasteiger partial charge in [-0.3, -0.25) is 9.36 Å². The summed E-state index contributed by atoms with van der Waals surface area (Å²) in [7, 11) is 1.57. The maximum absolute atomic E-state index is 14.0. The van der Waals surface area contributed by atoms with Crippen LogP contribution in [0.5, 0.6) is 11.5 Å². The van der Waals surface area contributed by atoms with Gasteiger partial charge >= 0.3 is 5.97 Å². The fourth-order valence-corrected chi connectivity index (χ4v) is 6.45. The summed E-state index contributed by atoms with van der Waals surface area (Å²) in [6.45, 7) is 4.14. The minimum absolute atomic E-state index is 0.206. The summed E-state index contributed by atoms with van der Waals surface area (Å²) in [6, 6.07) is 28.7. The molecule has 1 atom stereocenters. The Hall–Kier alpha value is -4.95. The first-order valence-corrected chi connectivity index (χ1v) is 14.8. The van der Waals surface area contributed by atoms with Crippen molar-refractivity contribution >= 4 is 34.2 Å². The first-order chi connectivity index (χ1) is 21.0. The van der Waals surface area contributed by atoms with E-state index in [1.807, 2.05) is 72.8 Å². The molecule has 0 radical (unpaired) electrons. The normalized spacial score (nSPS) is 14.8. The monoisotopic (exact) mass is 590 g/mol. The molecule has 0 saturated carbocycles. The Bertz CT molecular complexity index is 2050. The molecule has 0 amide bonds. The molecule has 6 rings (SSSR count). The number of esters is 1. The van der Waals surface area contributed by atoms with E-state index < -0.39 is 12.0 Å². The number of thiazole rings is 1. The van der Waals surface area contributed by atoms with Crippen LogP contribution in [-0.4, -0.2) is 24.3 Å². The molecule has 1 aliphatic heterocycles. The zero-order chi connectivity index (χ0) is 29.9. The molecule has 0 bridgehead atoms. The third kappa shape index (κ3) is 5.49. The lowest BCUT2D eigenvalue weighted by Crippen LogP contribution is -2.40. The van der Waals surface area contributed by atoms with Gasteiger partial charge in [0.15, 0.2) is 4.80 Å². The molecule has 5 aromatic rings. The van der Waals surface area contributed by atoms with Crippen molar-refractivity contribution in [2.45, 2.75) is 26.5 Å². The van der Waals surface area contributed by atoms with E-state index >= 15 is 0 Å². The summed E-state index contributed by atoms with van der Waals surface area (Å²) in [5, 5.41) is 2.32. The van der Waals surface area contributed by atoms with E-state index in [4.69, 9.17) is 14.2 Å². The van der Waals surface area contributed by atoms with Crippen molar-refractivity contribution in [3.05, 3.63) is 139 Å². The molecule has 7 nitrogen and oxygen atoms in total. The molecule has 216 valence electrons. The van der Waals surface area contributed by atoms with Crippen molar-refractivity contribution in [1.82, 2.24) is 4.57 Å². The van der Waals surface area contributed by atoms with Gasteiger partial charge in [-0.25, -0.2) is 9.79 Å². The molecule has 0 N–H and O–H groups in total. The van der Waals surface area contributed by atoms with Gasteiger partial charge in [-0.1, -0.05) is 84.1 Å². The summed E-state index contributed by atoms with van der Waals surface area (Å²) in [4.78, 5) is 32.3. The number of benzene rings is 4. The van der Waals surface area contributed by atoms with Crippen LogP contribution in [0.3, 0.4) is 0 Å². The quantitative estimate of drug-likeness (QED) is 0.222. The fraction of sp³-hybridized carbons (Fsp3) is 0.171. The number of carbonyl (C=O) groups excluding carboxylic acids is 1. The Morgan fingerprint density at radius 3 is 2.60 bits per heavy atom. The van der Waals surface area contributed by atoms with E-state index in [0.29, 0.717) is 44.3 Å².